The smallest absolute Gasteiger partial charge is 0.262 e. The van der Waals surface area contributed by atoms with Crippen LogP contribution in [0.1, 0.15) is 0 Å². The molecule has 2 aromatic heterocycles. The Morgan fingerprint density at radius 3 is 2.58 bits per heavy atom. The Morgan fingerprint density at radius 2 is 1.82 bits per heavy atom. The number of fused-ring (bicyclic) bond motifs is 1. The van der Waals surface area contributed by atoms with Gasteiger partial charge < -0.3 is 24.5 Å². The predicted octanol–water partition coefficient (Wildman–Crippen LogP) is 2.87. The van der Waals surface area contributed by atoms with Crippen LogP contribution in [0.25, 0.3) is 16.7 Å². The van der Waals surface area contributed by atoms with Crippen LogP contribution in [0.3, 0.4) is 0 Å². The van der Waals surface area contributed by atoms with Crippen LogP contribution in [0.5, 0.6) is 17.2 Å². The average molecular weight is 468 g/mol. The number of rotatable bonds is 8. The van der Waals surface area contributed by atoms with Crippen molar-refractivity contribution < 1.29 is 19.0 Å². The Kier molecular flexibility index (Phi) is 6.50. The average Bonchev–Trinajstić information content (AvgIpc) is 3.27. The number of nitrogens with one attached hydrogen (secondary N) is 2. The molecule has 33 heavy (non-hydrogen) atoms. The molecule has 2 heterocycles. The van der Waals surface area contributed by atoms with Crippen LogP contribution in [0.15, 0.2) is 58.6 Å². The van der Waals surface area contributed by atoms with Gasteiger partial charge in [-0.2, -0.15) is 5.10 Å². The first-order valence-electron chi connectivity index (χ1n) is 9.80. The number of benzene rings is 2. The lowest BCUT2D eigenvalue weighted by atomic mass is 10.2. The van der Waals surface area contributed by atoms with Gasteiger partial charge in [-0.05, 0) is 24.3 Å². The fourth-order valence-electron chi connectivity index (χ4n) is 3.19. The largest absolute Gasteiger partial charge is 0.494 e. The second kappa shape index (κ2) is 9.65. The molecule has 4 aromatic rings. The summed E-state index contributed by atoms with van der Waals surface area (Å²) < 4.78 is 17.4. The quantitative estimate of drug-likeness (QED) is 0.300. The van der Waals surface area contributed by atoms with Gasteiger partial charge in [-0.15, -0.1) is 0 Å². The van der Waals surface area contributed by atoms with E-state index in [0.29, 0.717) is 44.8 Å². The van der Waals surface area contributed by atoms with Gasteiger partial charge in [0.15, 0.2) is 22.3 Å². The minimum atomic E-state index is -0.344. The first-order valence-corrected chi connectivity index (χ1v) is 10.8. The molecular weight excluding hydrogens is 446 g/mol. The standard InChI is InChI=1S/C22H21N5O5S/c1-30-16-7-5-4-6-15(16)27-20-14(11-23-27)21(29)26-22(25-20)33-12-19(28)24-13-8-9-17(31-2)18(10-13)32-3/h4-11H,12H2,1-3H3,(H,24,28)(H,25,26,29). The van der Waals surface area contributed by atoms with Crippen molar-refractivity contribution >= 4 is 34.4 Å². The lowest BCUT2D eigenvalue weighted by molar-refractivity contribution is -0.113. The molecule has 4 rings (SSSR count). The van der Waals surface area contributed by atoms with E-state index in [1.165, 1.54) is 25.1 Å². The first-order chi connectivity index (χ1) is 16.0. The zero-order valence-corrected chi connectivity index (χ0v) is 18.9. The van der Waals surface area contributed by atoms with Crippen LogP contribution in [0.2, 0.25) is 0 Å². The summed E-state index contributed by atoms with van der Waals surface area (Å²) in [6.07, 6.45) is 1.45. The molecule has 2 N–H and O–H groups in total. The van der Waals surface area contributed by atoms with E-state index in [0.717, 1.165) is 11.8 Å². The number of hydrogen-bond acceptors (Lipinski definition) is 8. The highest BCUT2D eigenvalue weighted by Gasteiger charge is 2.15. The number of amides is 1. The molecule has 0 unspecified atom stereocenters. The Bertz CT molecular complexity index is 1370. The Labute approximate surface area is 192 Å². The third-order valence-electron chi connectivity index (χ3n) is 4.74. The van der Waals surface area contributed by atoms with E-state index in [1.807, 2.05) is 18.2 Å². The lowest BCUT2D eigenvalue weighted by Crippen LogP contribution is -2.16. The predicted molar refractivity (Wildman–Crippen MR) is 125 cm³/mol. The van der Waals surface area contributed by atoms with Gasteiger partial charge >= 0.3 is 0 Å². The molecule has 0 saturated carbocycles. The van der Waals surface area contributed by atoms with Crippen molar-refractivity contribution in [3.05, 3.63) is 59.0 Å². The van der Waals surface area contributed by atoms with Crippen LogP contribution in [0.4, 0.5) is 5.69 Å². The number of carbonyl (C=O) groups is 1. The van der Waals surface area contributed by atoms with E-state index < -0.39 is 0 Å². The second-order valence-corrected chi connectivity index (χ2v) is 7.71. The summed E-state index contributed by atoms with van der Waals surface area (Å²) in [6, 6.07) is 12.4. The third kappa shape index (κ3) is 4.62. The number of aromatic amines is 1. The first kappa shape index (κ1) is 22.2. The highest BCUT2D eigenvalue weighted by molar-refractivity contribution is 7.99. The molecule has 0 atom stereocenters. The van der Waals surface area contributed by atoms with E-state index in [2.05, 4.69) is 20.4 Å². The topological polar surface area (TPSA) is 120 Å². The minimum absolute atomic E-state index is 0.0333. The summed E-state index contributed by atoms with van der Waals surface area (Å²) in [5.74, 6) is 1.42. The zero-order valence-electron chi connectivity index (χ0n) is 18.1. The molecule has 170 valence electrons. The SMILES string of the molecule is COc1ccc(NC(=O)CSc2nc3c(cnn3-c3ccccc3OC)c(=O)[nH]2)cc1OC. The molecule has 0 fully saturated rings. The molecule has 1 amide bonds. The zero-order chi connectivity index (χ0) is 23.4. The monoisotopic (exact) mass is 467 g/mol. The number of methoxy groups -OCH3 is 3. The highest BCUT2D eigenvalue weighted by Crippen LogP contribution is 2.30. The fraction of sp³-hybridized carbons (Fsp3) is 0.182. The molecule has 0 aliphatic heterocycles. The van der Waals surface area contributed by atoms with Gasteiger partial charge in [-0.1, -0.05) is 23.9 Å². The van der Waals surface area contributed by atoms with Crippen molar-refractivity contribution in [3.63, 3.8) is 0 Å². The molecule has 0 radical (unpaired) electrons. The molecule has 0 saturated heterocycles. The maximum Gasteiger partial charge on any atom is 0.262 e. The van der Waals surface area contributed by atoms with Gasteiger partial charge in [0.2, 0.25) is 5.91 Å². The number of carbonyl (C=O) groups excluding carboxylic acids is 1. The van der Waals surface area contributed by atoms with Gasteiger partial charge in [0.05, 0.1) is 33.3 Å². The Hall–Kier alpha value is -3.99. The molecule has 0 spiro atoms. The second-order valence-electron chi connectivity index (χ2n) is 6.74. The summed E-state index contributed by atoms with van der Waals surface area (Å²) in [5.41, 5.74) is 1.23. The number of H-pyrrole nitrogens is 1. The van der Waals surface area contributed by atoms with Crippen LogP contribution in [-0.2, 0) is 4.79 Å². The lowest BCUT2D eigenvalue weighted by Gasteiger charge is -2.10. The summed E-state index contributed by atoms with van der Waals surface area (Å²) in [7, 11) is 4.62. The summed E-state index contributed by atoms with van der Waals surface area (Å²) >= 11 is 1.10. The van der Waals surface area contributed by atoms with Crippen molar-refractivity contribution in [1.82, 2.24) is 19.7 Å². The number of hydrogen-bond donors (Lipinski definition) is 2. The number of aromatic nitrogens is 4. The van der Waals surface area contributed by atoms with Crippen molar-refractivity contribution in [2.45, 2.75) is 5.16 Å². The maximum atomic E-state index is 12.5. The number of thioether (sulfide) groups is 1. The molecule has 10 nitrogen and oxygen atoms in total. The van der Waals surface area contributed by atoms with Crippen molar-refractivity contribution in [3.8, 4) is 22.9 Å². The van der Waals surface area contributed by atoms with Crippen LogP contribution in [0, 0.1) is 0 Å². The maximum absolute atomic E-state index is 12.5. The molecular formula is C22H21N5O5S. The van der Waals surface area contributed by atoms with Gasteiger partial charge in [0.1, 0.15) is 16.8 Å². The number of anilines is 1. The molecule has 0 aliphatic rings. The van der Waals surface area contributed by atoms with E-state index in [4.69, 9.17) is 14.2 Å². The van der Waals surface area contributed by atoms with E-state index >= 15 is 0 Å². The van der Waals surface area contributed by atoms with Gasteiger partial charge in [-0.25, -0.2) is 9.67 Å². The van der Waals surface area contributed by atoms with Crippen molar-refractivity contribution in [1.29, 1.82) is 0 Å². The summed E-state index contributed by atoms with van der Waals surface area (Å²) in [4.78, 5) is 32.2. The van der Waals surface area contributed by atoms with E-state index in [-0.39, 0.29) is 17.2 Å². The molecule has 0 bridgehead atoms. The van der Waals surface area contributed by atoms with Crippen molar-refractivity contribution in [2.24, 2.45) is 0 Å². The molecule has 0 aliphatic carbocycles. The number of para-hydroxylation sites is 2. The van der Waals surface area contributed by atoms with E-state index in [1.54, 1.807) is 31.4 Å². The summed E-state index contributed by atoms with van der Waals surface area (Å²) in [6.45, 7) is 0. The Morgan fingerprint density at radius 1 is 1.06 bits per heavy atom. The number of ether oxygens (including phenoxy) is 3. The van der Waals surface area contributed by atoms with Crippen LogP contribution >= 0.6 is 11.8 Å². The molecule has 2 aromatic carbocycles. The summed E-state index contributed by atoms with van der Waals surface area (Å²) in [5, 5.41) is 7.72. The Balaban J connectivity index is 1.53. The molecule has 11 heteroatoms. The van der Waals surface area contributed by atoms with Gasteiger partial charge in [0, 0.05) is 11.8 Å². The normalized spacial score (nSPS) is 10.8. The van der Waals surface area contributed by atoms with E-state index in [9.17, 15) is 9.59 Å². The van der Waals surface area contributed by atoms with Gasteiger partial charge in [-0.3, -0.25) is 9.59 Å². The third-order valence-corrected chi connectivity index (χ3v) is 5.61. The van der Waals surface area contributed by atoms with Crippen LogP contribution < -0.4 is 25.1 Å². The van der Waals surface area contributed by atoms with Gasteiger partial charge in [0.25, 0.3) is 5.56 Å². The minimum Gasteiger partial charge on any atom is -0.494 e. The van der Waals surface area contributed by atoms with Crippen molar-refractivity contribution in [2.75, 3.05) is 32.4 Å². The fourth-order valence-corrected chi connectivity index (χ4v) is 3.85. The van der Waals surface area contributed by atoms with Crippen LogP contribution in [-0.4, -0.2) is 52.7 Å². The highest BCUT2D eigenvalue weighted by atomic mass is 32.2. The number of nitrogens with zero attached hydrogens (tertiary/aromatic N) is 3.